The van der Waals surface area contributed by atoms with E-state index in [9.17, 15) is 9.59 Å². The Bertz CT molecular complexity index is 1260. The summed E-state index contributed by atoms with van der Waals surface area (Å²) in [4.78, 5) is 27.0. The van der Waals surface area contributed by atoms with Crippen molar-refractivity contribution >= 4 is 23.2 Å². The number of rotatable bonds is 12. The molecule has 2 amide bonds. The maximum atomic E-state index is 12.7. The lowest BCUT2D eigenvalue weighted by molar-refractivity contribution is -0.121. The molecule has 200 valence electrons. The third-order valence-corrected chi connectivity index (χ3v) is 6.40. The van der Waals surface area contributed by atoms with Gasteiger partial charge in [0.1, 0.15) is 11.5 Å². The average Bonchev–Trinajstić information content (AvgIpc) is 2.95. The molecule has 0 saturated heterocycles. The molecule has 0 spiro atoms. The lowest BCUT2D eigenvalue weighted by atomic mass is 10.1. The molecule has 1 N–H and O–H groups in total. The Kier molecular flexibility index (Phi) is 9.08. The number of carbonyl (C=O) groups excluding carboxylic acids is 2. The number of fused-ring (bicyclic) bond motifs is 1. The smallest absolute Gasteiger partial charge is 0.265 e. The van der Waals surface area contributed by atoms with Gasteiger partial charge in [-0.25, -0.2) is 0 Å². The predicted molar refractivity (Wildman–Crippen MR) is 147 cm³/mol. The van der Waals surface area contributed by atoms with Crippen molar-refractivity contribution in [2.24, 2.45) is 0 Å². The Hall–Kier alpha value is -4.20. The van der Waals surface area contributed by atoms with E-state index in [1.54, 1.807) is 37.3 Å². The molecular weight excluding hydrogens is 484 g/mol. The minimum Gasteiger partial charge on any atom is -0.494 e. The van der Waals surface area contributed by atoms with Crippen LogP contribution in [0.25, 0.3) is 0 Å². The number of nitrogens with one attached hydrogen (secondary N) is 1. The van der Waals surface area contributed by atoms with E-state index in [1.165, 1.54) is 5.56 Å². The maximum Gasteiger partial charge on any atom is 0.265 e. The standard InChI is InChI=1S/C30H34N2O6/c1-4-21-6-11-24(12-7-21)37-17-5-16-32-25-19-23(10-14-26(25)38-20-30(32)34)31-29(33)15-9-22-8-13-27(35-2)28(18-22)36-3/h6-8,10-14,18-19H,4-5,9,15-17,20H2,1-3H3,(H,31,33). The van der Waals surface area contributed by atoms with Crippen molar-refractivity contribution in [3.8, 4) is 23.0 Å². The minimum atomic E-state index is -0.128. The molecule has 0 fully saturated rings. The number of ether oxygens (including phenoxy) is 4. The molecular formula is C30H34N2O6. The van der Waals surface area contributed by atoms with E-state index in [-0.39, 0.29) is 18.4 Å². The first-order valence-corrected chi connectivity index (χ1v) is 12.8. The first kappa shape index (κ1) is 26.9. The zero-order chi connectivity index (χ0) is 26.9. The summed E-state index contributed by atoms with van der Waals surface area (Å²) in [5.41, 5.74) is 3.48. The van der Waals surface area contributed by atoms with Crippen molar-refractivity contribution in [2.45, 2.75) is 32.6 Å². The molecule has 1 aliphatic rings. The summed E-state index contributed by atoms with van der Waals surface area (Å²) in [6.45, 7) is 3.07. The van der Waals surface area contributed by atoms with E-state index in [4.69, 9.17) is 18.9 Å². The second-order valence-corrected chi connectivity index (χ2v) is 8.95. The Balaban J connectivity index is 1.33. The number of aryl methyl sites for hydroxylation is 2. The van der Waals surface area contributed by atoms with Crippen molar-refractivity contribution in [3.05, 3.63) is 71.8 Å². The molecule has 0 saturated carbocycles. The molecule has 0 atom stereocenters. The fraction of sp³-hybridized carbons (Fsp3) is 0.333. The zero-order valence-corrected chi connectivity index (χ0v) is 22.1. The third-order valence-electron chi connectivity index (χ3n) is 6.40. The molecule has 8 heteroatoms. The second kappa shape index (κ2) is 12.9. The first-order chi connectivity index (χ1) is 18.5. The van der Waals surface area contributed by atoms with Gasteiger partial charge < -0.3 is 29.2 Å². The lowest BCUT2D eigenvalue weighted by Gasteiger charge is -2.30. The molecule has 0 unspecified atom stereocenters. The number of amides is 2. The maximum absolute atomic E-state index is 12.7. The number of carbonyl (C=O) groups is 2. The van der Waals surface area contributed by atoms with Crippen LogP contribution < -0.4 is 29.2 Å². The van der Waals surface area contributed by atoms with E-state index < -0.39 is 0 Å². The summed E-state index contributed by atoms with van der Waals surface area (Å²) in [5.74, 6) is 2.45. The summed E-state index contributed by atoms with van der Waals surface area (Å²) in [6, 6.07) is 19.0. The Morgan fingerprint density at radius 2 is 1.74 bits per heavy atom. The monoisotopic (exact) mass is 518 g/mol. The molecule has 0 bridgehead atoms. The molecule has 0 aliphatic carbocycles. The van der Waals surface area contributed by atoms with E-state index >= 15 is 0 Å². The number of benzene rings is 3. The number of methoxy groups -OCH3 is 2. The van der Waals surface area contributed by atoms with E-state index in [2.05, 4.69) is 24.4 Å². The van der Waals surface area contributed by atoms with Crippen LogP contribution in [-0.2, 0) is 22.4 Å². The van der Waals surface area contributed by atoms with Crippen LogP contribution in [0.5, 0.6) is 23.0 Å². The SMILES string of the molecule is CCc1ccc(OCCCN2C(=O)COc3ccc(NC(=O)CCc4ccc(OC)c(OC)c4)cc32)cc1. The number of hydrogen-bond acceptors (Lipinski definition) is 6. The van der Waals surface area contributed by atoms with Gasteiger partial charge in [-0.05, 0) is 72.9 Å². The lowest BCUT2D eigenvalue weighted by Crippen LogP contribution is -2.39. The third kappa shape index (κ3) is 6.76. The van der Waals surface area contributed by atoms with Gasteiger partial charge in [-0.1, -0.05) is 25.1 Å². The van der Waals surface area contributed by atoms with Gasteiger partial charge >= 0.3 is 0 Å². The molecule has 0 radical (unpaired) electrons. The normalized spacial score (nSPS) is 12.4. The molecule has 3 aromatic rings. The van der Waals surface area contributed by atoms with Gasteiger partial charge in [0.2, 0.25) is 5.91 Å². The fourth-order valence-corrected chi connectivity index (χ4v) is 4.28. The Labute approximate surface area is 223 Å². The summed E-state index contributed by atoms with van der Waals surface area (Å²) >= 11 is 0. The van der Waals surface area contributed by atoms with E-state index in [0.717, 1.165) is 17.7 Å². The highest BCUT2D eigenvalue weighted by Crippen LogP contribution is 2.35. The van der Waals surface area contributed by atoms with Crippen LogP contribution in [0.3, 0.4) is 0 Å². The summed E-state index contributed by atoms with van der Waals surface area (Å²) < 4.78 is 22.1. The van der Waals surface area contributed by atoms with Crippen LogP contribution in [0.15, 0.2) is 60.7 Å². The van der Waals surface area contributed by atoms with Crippen LogP contribution in [0.4, 0.5) is 11.4 Å². The fourth-order valence-electron chi connectivity index (χ4n) is 4.28. The number of hydrogen-bond donors (Lipinski definition) is 1. The van der Waals surface area contributed by atoms with Crippen LogP contribution in [-0.4, -0.2) is 45.8 Å². The Morgan fingerprint density at radius 1 is 0.974 bits per heavy atom. The van der Waals surface area contributed by atoms with Crippen molar-refractivity contribution in [1.82, 2.24) is 0 Å². The van der Waals surface area contributed by atoms with Gasteiger partial charge in [0.15, 0.2) is 18.1 Å². The molecule has 8 nitrogen and oxygen atoms in total. The van der Waals surface area contributed by atoms with Crippen molar-refractivity contribution in [2.75, 3.05) is 44.2 Å². The zero-order valence-electron chi connectivity index (χ0n) is 22.1. The molecule has 38 heavy (non-hydrogen) atoms. The number of nitrogens with zero attached hydrogens (tertiary/aromatic N) is 1. The van der Waals surface area contributed by atoms with Crippen LogP contribution >= 0.6 is 0 Å². The van der Waals surface area contributed by atoms with Gasteiger partial charge in [-0.2, -0.15) is 0 Å². The van der Waals surface area contributed by atoms with Gasteiger partial charge in [0.25, 0.3) is 5.91 Å². The van der Waals surface area contributed by atoms with Crippen molar-refractivity contribution < 1.29 is 28.5 Å². The molecule has 0 aromatic heterocycles. The second-order valence-electron chi connectivity index (χ2n) is 8.95. The number of anilines is 2. The highest BCUT2D eigenvalue weighted by Gasteiger charge is 2.25. The van der Waals surface area contributed by atoms with Gasteiger partial charge in [-0.15, -0.1) is 0 Å². The topological polar surface area (TPSA) is 86.3 Å². The average molecular weight is 519 g/mol. The van der Waals surface area contributed by atoms with Crippen molar-refractivity contribution in [1.29, 1.82) is 0 Å². The summed E-state index contributed by atoms with van der Waals surface area (Å²) in [6.07, 6.45) is 2.48. The quantitative estimate of drug-likeness (QED) is 0.339. The van der Waals surface area contributed by atoms with E-state index in [1.807, 2.05) is 30.3 Å². The van der Waals surface area contributed by atoms with Crippen LogP contribution in [0.1, 0.15) is 30.9 Å². The summed E-state index contributed by atoms with van der Waals surface area (Å²) in [7, 11) is 3.17. The first-order valence-electron chi connectivity index (χ1n) is 12.8. The van der Waals surface area contributed by atoms with Crippen LogP contribution in [0, 0.1) is 0 Å². The minimum absolute atomic E-state index is 0.0105. The Morgan fingerprint density at radius 3 is 2.47 bits per heavy atom. The van der Waals surface area contributed by atoms with E-state index in [0.29, 0.717) is 61.0 Å². The molecule has 1 heterocycles. The predicted octanol–water partition coefficient (Wildman–Crippen LogP) is 5.03. The van der Waals surface area contributed by atoms with Crippen LogP contribution in [0.2, 0.25) is 0 Å². The highest BCUT2D eigenvalue weighted by molar-refractivity contribution is 5.99. The van der Waals surface area contributed by atoms with Gasteiger partial charge in [0.05, 0.1) is 26.5 Å². The largest absolute Gasteiger partial charge is 0.494 e. The molecule has 4 rings (SSSR count). The highest BCUT2D eigenvalue weighted by atomic mass is 16.5. The van der Waals surface area contributed by atoms with Gasteiger partial charge in [-0.3, -0.25) is 9.59 Å². The molecule has 3 aromatic carbocycles. The molecule has 1 aliphatic heterocycles. The summed E-state index contributed by atoms with van der Waals surface area (Å²) in [5, 5.41) is 2.93. The van der Waals surface area contributed by atoms with Crippen molar-refractivity contribution in [3.63, 3.8) is 0 Å². The van der Waals surface area contributed by atoms with Gasteiger partial charge in [0, 0.05) is 18.7 Å².